The lowest BCUT2D eigenvalue weighted by atomic mass is 9.86. The van der Waals surface area contributed by atoms with Gasteiger partial charge in [-0.3, -0.25) is 4.79 Å². The smallest absolute Gasteiger partial charge is 0.242 e. The fraction of sp³-hybridized carbons (Fsp3) is 0.714. The van der Waals surface area contributed by atoms with E-state index in [-0.39, 0.29) is 17.4 Å². The maximum absolute atomic E-state index is 12.1. The molecule has 0 radical (unpaired) electrons. The van der Waals surface area contributed by atoms with E-state index in [9.17, 15) is 4.79 Å². The first kappa shape index (κ1) is 14.1. The number of nitrogens with one attached hydrogen (secondary N) is 2. The van der Waals surface area contributed by atoms with Gasteiger partial charge in [-0.1, -0.05) is 13.8 Å². The highest BCUT2D eigenvalue weighted by atomic mass is 16.2. The Hall–Kier alpha value is -1.36. The van der Waals surface area contributed by atoms with Gasteiger partial charge in [0, 0.05) is 30.4 Å². The molecule has 0 saturated carbocycles. The molecule has 2 rings (SSSR count). The summed E-state index contributed by atoms with van der Waals surface area (Å²) in [7, 11) is 0. The van der Waals surface area contributed by atoms with Crippen LogP contribution in [0.5, 0.6) is 0 Å². The average molecular weight is 264 g/mol. The minimum atomic E-state index is -0.207. The normalized spacial score (nSPS) is 24.4. The zero-order chi connectivity index (χ0) is 13.9. The van der Waals surface area contributed by atoms with Crippen molar-refractivity contribution in [1.82, 2.24) is 20.2 Å². The van der Waals surface area contributed by atoms with E-state index in [0.29, 0.717) is 0 Å². The molecule has 19 heavy (non-hydrogen) atoms. The van der Waals surface area contributed by atoms with E-state index in [4.69, 9.17) is 0 Å². The second-order valence-electron chi connectivity index (χ2n) is 5.64. The number of nitrogens with zero attached hydrogens (tertiary/aromatic N) is 2. The summed E-state index contributed by atoms with van der Waals surface area (Å²) in [6, 6.07) is -0.207. The quantitative estimate of drug-likeness (QED) is 0.840. The number of hydrogen-bond donors (Lipinski definition) is 2. The van der Waals surface area contributed by atoms with Crippen molar-refractivity contribution in [3.8, 4) is 0 Å². The Morgan fingerprint density at radius 1 is 1.68 bits per heavy atom. The SMILES string of the molecule is CCCNC(=O)C(C)n1cncc1C1(C)CCNC1. The fourth-order valence-electron chi connectivity index (χ4n) is 2.64. The highest BCUT2D eigenvalue weighted by Gasteiger charge is 2.34. The molecule has 0 aliphatic carbocycles. The average Bonchev–Trinajstić information content (AvgIpc) is 3.04. The van der Waals surface area contributed by atoms with E-state index >= 15 is 0 Å². The van der Waals surface area contributed by atoms with Crippen LogP contribution in [-0.4, -0.2) is 35.1 Å². The van der Waals surface area contributed by atoms with Gasteiger partial charge in [-0.15, -0.1) is 0 Å². The molecule has 2 heterocycles. The molecule has 1 aromatic rings. The molecule has 5 nitrogen and oxygen atoms in total. The van der Waals surface area contributed by atoms with Gasteiger partial charge >= 0.3 is 0 Å². The zero-order valence-electron chi connectivity index (χ0n) is 12.1. The fourth-order valence-corrected chi connectivity index (χ4v) is 2.64. The third-order valence-electron chi connectivity index (χ3n) is 4.00. The predicted molar refractivity (Wildman–Crippen MR) is 75.1 cm³/mol. The molecule has 2 unspecified atom stereocenters. The van der Waals surface area contributed by atoms with Gasteiger partial charge in [0.05, 0.1) is 6.33 Å². The molecule has 1 aliphatic heterocycles. The van der Waals surface area contributed by atoms with Gasteiger partial charge in [-0.05, 0) is 26.3 Å². The third-order valence-corrected chi connectivity index (χ3v) is 4.00. The lowest BCUT2D eigenvalue weighted by Gasteiger charge is -2.26. The second kappa shape index (κ2) is 5.74. The van der Waals surface area contributed by atoms with Crippen LogP contribution in [-0.2, 0) is 10.2 Å². The first-order valence-electron chi connectivity index (χ1n) is 7.09. The Bertz CT molecular complexity index is 434. The van der Waals surface area contributed by atoms with E-state index in [0.717, 1.165) is 38.2 Å². The van der Waals surface area contributed by atoms with E-state index in [1.165, 1.54) is 0 Å². The molecule has 1 aliphatic rings. The van der Waals surface area contributed by atoms with Crippen molar-refractivity contribution >= 4 is 5.91 Å². The predicted octanol–water partition coefficient (Wildman–Crippen LogP) is 1.22. The summed E-state index contributed by atoms with van der Waals surface area (Å²) in [5.41, 5.74) is 1.23. The van der Waals surface area contributed by atoms with Crippen LogP contribution in [0.25, 0.3) is 0 Å². The van der Waals surface area contributed by atoms with Gasteiger partial charge in [0.15, 0.2) is 0 Å². The van der Waals surface area contributed by atoms with Crippen molar-refractivity contribution < 1.29 is 4.79 Å². The lowest BCUT2D eigenvalue weighted by molar-refractivity contribution is -0.123. The molecule has 0 spiro atoms. The number of rotatable bonds is 5. The summed E-state index contributed by atoms with van der Waals surface area (Å²) in [5, 5.41) is 6.34. The molecule has 0 aromatic carbocycles. The number of carbonyl (C=O) groups is 1. The Labute approximate surface area is 114 Å². The van der Waals surface area contributed by atoms with Crippen LogP contribution in [0.1, 0.15) is 45.3 Å². The van der Waals surface area contributed by atoms with Crippen LogP contribution in [0.15, 0.2) is 12.5 Å². The number of aromatic nitrogens is 2. The molecule has 5 heteroatoms. The second-order valence-corrected chi connectivity index (χ2v) is 5.64. The summed E-state index contributed by atoms with van der Waals surface area (Å²) >= 11 is 0. The highest BCUT2D eigenvalue weighted by Crippen LogP contribution is 2.31. The van der Waals surface area contributed by atoms with Crippen LogP contribution in [0, 0.1) is 0 Å². The molecule has 1 fully saturated rings. The molecule has 2 N–H and O–H groups in total. The largest absolute Gasteiger partial charge is 0.354 e. The minimum Gasteiger partial charge on any atom is -0.354 e. The van der Waals surface area contributed by atoms with E-state index < -0.39 is 0 Å². The number of carbonyl (C=O) groups excluding carboxylic acids is 1. The molecule has 1 saturated heterocycles. The summed E-state index contributed by atoms with van der Waals surface area (Å²) < 4.78 is 2.01. The van der Waals surface area contributed by atoms with Gasteiger partial charge in [-0.25, -0.2) is 4.98 Å². The van der Waals surface area contributed by atoms with Crippen LogP contribution < -0.4 is 10.6 Å². The zero-order valence-corrected chi connectivity index (χ0v) is 12.1. The van der Waals surface area contributed by atoms with Crippen LogP contribution in [0.2, 0.25) is 0 Å². The van der Waals surface area contributed by atoms with Crippen molar-refractivity contribution in [2.24, 2.45) is 0 Å². The van der Waals surface area contributed by atoms with Gasteiger partial charge in [0.25, 0.3) is 0 Å². The van der Waals surface area contributed by atoms with E-state index in [1.54, 1.807) is 6.33 Å². The topological polar surface area (TPSA) is 59.0 Å². The van der Waals surface area contributed by atoms with Gasteiger partial charge in [0.1, 0.15) is 6.04 Å². The molecule has 2 atom stereocenters. The number of imidazole rings is 1. The molecule has 1 amide bonds. The first-order chi connectivity index (χ1) is 9.08. The third kappa shape index (κ3) is 2.81. The summed E-state index contributed by atoms with van der Waals surface area (Å²) in [5.74, 6) is 0.0654. The molecule has 106 valence electrons. The number of hydrogen-bond acceptors (Lipinski definition) is 3. The molecule has 1 aromatic heterocycles. The lowest BCUT2D eigenvalue weighted by Crippen LogP contribution is -2.35. The molecular formula is C14H24N4O. The Morgan fingerprint density at radius 2 is 2.47 bits per heavy atom. The maximum atomic E-state index is 12.1. The molecular weight excluding hydrogens is 240 g/mol. The van der Waals surface area contributed by atoms with Crippen molar-refractivity contribution in [3.05, 3.63) is 18.2 Å². The summed E-state index contributed by atoms with van der Waals surface area (Å²) in [4.78, 5) is 16.3. The highest BCUT2D eigenvalue weighted by molar-refractivity contribution is 5.79. The first-order valence-corrected chi connectivity index (χ1v) is 7.09. The maximum Gasteiger partial charge on any atom is 0.242 e. The van der Waals surface area contributed by atoms with Crippen molar-refractivity contribution in [2.45, 2.75) is 45.1 Å². The van der Waals surface area contributed by atoms with Gasteiger partial charge < -0.3 is 15.2 Å². The van der Waals surface area contributed by atoms with E-state index in [2.05, 4.69) is 29.5 Å². The number of amides is 1. The molecule has 0 bridgehead atoms. The van der Waals surface area contributed by atoms with Gasteiger partial charge in [-0.2, -0.15) is 0 Å². The van der Waals surface area contributed by atoms with Crippen molar-refractivity contribution in [1.29, 1.82) is 0 Å². The summed E-state index contributed by atoms with van der Waals surface area (Å²) in [6.07, 6.45) is 5.71. The van der Waals surface area contributed by atoms with E-state index in [1.807, 2.05) is 17.7 Å². The minimum absolute atomic E-state index is 0.0654. The van der Waals surface area contributed by atoms with Gasteiger partial charge in [0.2, 0.25) is 5.91 Å². The Kier molecular flexibility index (Phi) is 4.24. The van der Waals surface area contributed by atoms with Crippen LogP contribution in [0.4, 0.5) is 0 Å². The van der Waals surface area contributed by atoms with Crippen LogP contribution >= 0.6 is 0 Å². The van der Waals surface area contributed by atoms with Crippen molar-refractivity contribution in [2.75, 3.05) is 19.6 Å². The standard InChI is InChI=1S/C14H24N4O/c1-4-6-17-13(19)11(2)18-10-16-8-12(18)14(3)5-7-15-9-14/h8,10-11,15H,4-7,9H2,1-3H3,(H,17,19). The Morgan fingerprint density at radius 3 is 3.11 bits per heavy atom. The monoisotopic (exact) mass is 264 g/mol. The van der Waals surface area contributed by atoms with Crippen molar-refractivity contribution in [3.63, 3.8) is 0 Å². The van der Waals surface area contributed by atoms with Crippen LogP contribution in [0.3, 0.4) is 0 Å². The summed E-state index contributed by atoms with van der Waals surface area (Å²) in [6.45, 7) is 8.92. The Balaban J connectivity index is 2.17.